The number of rotatable bonds is 3. The van der Waals surface area contributed by atoms with Crippen LogP contribution in [-0.2, 0) is 0 Å². The Labute approximate surface area is 76.9 Å². The van der Waals surface area contributed by atoms with Gasteiger partial charge in [0.2, 0.25) is 0 Å². The molecule has 1 saturated carbocycles. The summed E-state index contributed by atoms with van der Waals surface area (Å²) in [4.78, 5) is 0. The summed E-state index contributed by atoms with van der Waals surface area (Å²) in [5.41, 5.74) is 0.492. The fraction of sp³-hybridized carbons (Fsp3) is 1.00. The molecule has 1 rings (SSSR count). The lowest BCUT2D eigenvalue weighted by Crippen LogP contribution is -2.49. The summed E-state index contributed by atoms with van der Waals surface area (Å²) in [5.74, 6) is 0. The van der Waals surface area contributed by atoms with E-state index >= 15 is 0 Å². The summed E-state index contributed by atoms with van der Waals surface area (Å²) in [6.45, 7) is 6.83. The maximum Gasteiger partial charge on any atom is 0.0181 e. The summed E-state index contributed by atoms with van der Waals surface area (Å²) in [6, 6.07) is 0.642. The van der Waals surface area contributed by atoms with Gasteiger partial charge in [-0.1, -0.05) is 40.0 Å². The zero-order valence-corrected chi connectivity index (χ0v) is 8.82. The van der Waals surface area contributed by atoms with Gasteiger partial charge in [0.05, 0.1) is 0 Å². The molecular weight excluding hydrogens is 146 g/mol. The second-order valence-corrected chi connectivity index (χ2v) is 4.49. The van der Waals surface area contributed by atoms with Gasteiger partial charge in [-0.15, -0.1) is 0 Å². The Morgan fingerprint density at radius 1 is 1.17 bits per heavy atom. The van der Waals surface area contributed by atoms with E-state index in [2.05, 4.69) is 26.1 Å². The van der Waals surface area contributed by atoms with Crippen molar-refractivity contribution in [2.24, 2.45) is 0 Å². The van der Waals surface area contributed by atoms with Crippen LogP contribution in [-0.4, -0.2) is 11.6 Å². The molecule has 1 fully saturated rings. The standard InChI is InChI=1S/C11H23N/c1-4-11(12-10(2)3)8-6-5-7-9-11/h10,12H,4-9H2,1-3H3. The van der Waals surface area contributed by atoms with Crippen molar-refractivity contribution in [2.45, 2.75) is 70.9 Å². The molecule has 1 aliphatic rings. The van der Waals surface area contributed by atoms with Crippen LogP contribution >= 0.6 is 0 Å². The summed E-state index contributed by atoms with van der Waals surface area (Å²) >= 11 is 0. The van der Waals surface area contributed by atoms with E-state index in [0.717, 1.165) is 0 Å². The molecule has 0 heterocycles. The number of hydrogen-bond donors (Lipinski definition) is 1. The van der Waals surface area contributed by atoms with Crippen LogP contribution in [0.15, 0.2) is 0 Å². The second-order valence-electron chi connectivity index (χ2n) is 4.49. The van der Waals surface area contributed by atoms with Crippen LogP contribution in [0.5, 0.6) is 0 Å². The molecule has 0 saturated heterocycles. The van der Waals surface area contributed by atoms with Gasteiger partial charge in [0.25, 0.3) is 0 Å². The van der Waals surface area contributed by atoms with Crippen molar-refractivity contribution < 1.29 is 0 Å². The fourth-order valence-electron chi connectivity index (χ4n) is 2.44. The fourth-order valence-corrected chi connectivity index (χ4v) is 2.44. The minimum Gasteiger partial charge on any atom is -0.309 e. The Hall–Kier alpha value is -0.0400. The van der Waals surface area contributed by atoms with E-state index in [4.69, 9.17) is 0 Å². The Bertz CT molecular complexity index is 123. The summed E-state index contributed by atoms with van der Waals surface area (Å²) in [7, 11) is 0. The summed E-state index contributed by atoms with van der Waals surface area (Å²) in [5, 5.41) is 3.74. The Morgan fingerprint density at radius 3 is 2.17 bits per heavy atom. The van der Waals surface area contributed by atoms with Crippen LogP contribution in [0.4, 0.5) is 0 Å². The van der Waals surface area contributed by atoms with E-state index in [0.29, 0.717) is 11.6 Å². The molecule has 1 aliphatic carbocycles. The number of nitrogens with one attached hydrogen (secondary N) is 1. The van der Waals surface area contributed by atoms with E-state index in [1.807, 2.05) is 0 Å². The molecular formula is C11H23N. The van der Waals surface area contributed by atoms with E-state index in [9.17, 15) is 0 Å². The number of hydrogen-bond acceptors (Lipinski definition) is 1. The van der Waals surface area contributed by atoms with Crippen molar-refractivity contribution >= 4 is 0 Å². The predicted octanol–water partition coefficient (Wildman–Crippen LogP) is 3.10. The van der Waals surface area contributed by atoms with Crippen LogP contribution in [0.3, 0.4) is 0 Å². The van der Waals surface area contributed by atoms with E-state index < -0.39 is 0 Å². The largest absolute Gasteiger partial charge is 0.309 e. The van der Waals surface area contributed by atoms with Crippen LogP contribution in [0.1, 0.15) is 59.3 Å². The highest BCUT2D eigenvalue weighted by Gasteiger charge is 2.29. The van der Waals surface area contributed by atoms with Gasteiger partial charge in [-0.3, -0.25) is 0 Å². The predicted molar refractivity (Wildman–Crippen MR) is 54.4 cm³/mol. The van der Waals surface area contributed by atoms with Gasteiger partial charge in [0.1, 0.15) is 0 Å². The average Bonchev–Trinajstić information content (AvgIpc) is 2.05. The second kappa shape index (κ2) is 4.27. The third-order valence-electron chi connectivity index (χ3n) is 3.08. The lowest BCUT2D eigenvalue weighted by molar-refractivity contribution is 0.208. The molecule has 0 aromatic heterocycles. The lowest BCUT2D eigenvalue weighted by Gasteiger charge is -2.39. The molecule has 1 nitrogen and oxygen atoms in total. The van der Waals surface area contributed by atoms with Crippen LogP contribution in [0.25, 0.3) is 0 Å². The maximum absolute atomic E-state index is 3.74. The highest BCUT2D eigenvalue weighted by Crippen LogP contribution is 2.31. The zero-order valence-electron chi connectivity index (χ0n) is 8.82. The SMILES string of the molecule is CCC1(NC(C)C)CCCCC1. The normalized spacial score (nSPS) is 23.0. The Morgan fingerprint density at radius 2 is 1.75 bits per heavy atom. The molecule has 0 spiro atoms. The first-order valence-corrected chi connectivity index (χ1v) is 5.46. The van der Waals surface area contributed by atoms with Crippen molar-refractivity contribution in [2.75, 3.05) is 0 Å². The molecule has 0 atom stereocenters. The van der Waals surface area contributed by atoms with Crippen molar-refractivity contribution in [3.05, 3.63) is 0 Å². The molecule has 0 amide bonds. The Balaban J connectivity index is 2.48. The molecule has 1 heteroatoms. The topological polar surface area (TPSA) is 12.0 Å². The average molecular weight is 169 g/mol. The first-order valence-electron chi connectivity index (χ1n) is 5.46. The smallest absolute Gasteiger partial charge is 0.0181 e. The third-order valence-corrected chi connectivity index (χ3v) is 3.08. The third kappa shape index (κ3) is 2.48. The van der Waals surface area contributed by atoms with E-state index in [1.54, 1.807) is 0 Å². The monoisotopic (exact) mass is 169 g/mol. The first kappa shape index (κ1) is 10.0. The van der Waals surface area contributed by atoms with Gasteiger partial charge in [-0.05, 0) is 19.3 Å². The molecule has 12 heavy (non-hydrogen) atoms. The molecule has 72 valence electrons. The van der Waals surface area contributed by atoms with Crippen LogP contribution in [0, 0.1) is 0 Å². The van der Waals surface area contributed by atoms with Gasteiger partial charge in [0.15, 0.2) is 0 Å². The van der Waals surface area contributed by atoms with Crippen molar-refractivity contribution in [1.82, 2.24) is 5.32 Å². The van der Waals surface area contributed by atoms with E-state index in [-0.39, 0.29) is 0 Å². The van der Waals surface area contributed by atoms with Crippen molar-refractivity contribution in [1.29, 1.82) is 0 Å². The highest BCUT2D eigenvalue weighted by molar-refractivity contribution is 4.90. The molecule has 0 unspecified atom stereocenters. The lowest BCUT2D eigenvalue weighted by atomic mass is 9.79. The van der Waals surface area contributed by atoms with Crippen LogP contribution < -0.4 is 5.32 Å². The Kier molecular flexibility index (Phi) is 3.57. The van der Waals surface area contributed by atoms with Gasteiger partial charge in [-0.25, -0.2) is 0 Å². The minimum absolute atomic E-state index is 0.492. The highest BCUT2D eigenvalue weighted by atomic mass is 15.0. The molecule has 1 N–H and O–H groups in total. The van der Waals surface area contributed by atoms with Crippen molar-refractivity contribution in [3.8, 4) is 0 Å². The molecule has 0 aromatic carbocycles. The van der Waals surface area contributed by atoms with Gasteiger partial charge in [0, 0.05) is 11.6 Å². The summed E-state index contributed by atoms with van der Waals surface area (Å²) < 4.78 is 0. The maximum atomic E-state index is 3.74. The van der Waals surface area contributed by atoms with Crippen molar-refractivity contribution in [3.63, 3.8) is 0 Å². The molecule has 0 aromatic rings. The minimum atomic E-state index is 0.492. The molecule has 0 bridgehead atoms. The van der Waals surface area contributed by atoms with E-state index in [1.165, 1.54) is 38.5 Å². The van der Waals surface area contributed by atoms with Gasteiger partial charge < -0.3 is 5.32 Å². The first-order chi connectivity index (χ1) is 5.68. The molecule has 0 radical (unpaired) electrons. The zero-order chi connectivity index (χ0) is 9.03. The van der Waals surface area contributed by atoms with Crippen LogP contribution in [0.2, 0.25) is 0 Å². The molecule has 0 aliphatic heterocycles. The quantitative estimate of drug-likeness (QED) is 0.684. The van der Waals surface area contributed by atoms with Gasteiger partial charge in [-0.2, -0.15) is 0 Å². The van der Waals surface area contributed by atoms with Gasteiger partial charge >= 0.3 is 0 Å². The summed E-state index contributed by atoms with van der Waals surface area (Å²) in [6.07, 6.45) is 8.37.